The van der Waals surface area contributed by atoms with Gasteiger partial charge < -0.3 is 15.5 Å². The number of hydrogen-bond donors (Lipinski definition) is 1. The van der Waals surface area contributed by atoms with E-state index in [1.54, 1.807) is 37.3 Å². The van der Waals surface area contributed by atoms with Gasteiger partial charge in [-0.3, -0.25) is 9.59 Å². The molecule has 0 bridgehead atoms. The lowest BCUT2D eigenvalue weighted by Gasteiger charge is -2.40. The Hall–Kier alpha value is -3.61. The lowest BCUT2D eigenvalue weighted by atomic mass is 10.00. The molecule has 1 unspecified atom stereocenters. The molecule has 0 radical (unpaired) electrons. The predicted molar refractivity (Wildman–Crippen MR) is 111 cm³/mol. The zero-order chi connectivity index (χ0) is 23.5. The van der Waals surface area contributed by atoms with Crippen LogP contribution in [0, 0.1) is 11.3 Å². The number of nitriles is 1. The molecule has 1 aliphatic heterocycles. The van der Waals surface area contributed by atoms with Crippen molar-refractivity contribution in [2.45, 2.75) is 32.0 Å². The van der Waals surface area contributed by atoms with Gasteiger partial charge in [0.25, 0.3) is 5.91 Å². The maximum atomic E-state index is 13.2. The average molecular weight is 445 g/mol. The van der Waals surface area contributed by atoms with E-state index < -0.39 is 36.9 Å². The number of alkyl halides is 3. The van der Waals surface area contributed by atoms with Gasteiger partial charge >= 0.3 is 6.18 Å². The van der Waals surface area contributed by atoms with E-state index >= 15 is 0 Å². The van der Waals surface area contributed by atoms with Gasteiger partial charge in [0, 0.05) is 43.4 Å². The van der Waals surface area contributed by atoms with Crippen LogP contribution in [0.4, 0.5) is 19.0 Å². The van der Waals surface area contributed by atoms with Gasteiger partial charge in [0.15, 0.2) is 0 Å². The van der Waals surface area contributed by atoms with E-state index in [0.29, 0.717) is 17.7 Å². The summed E-state index contributed by atoms with van der Waals surface area (Å²) in [7, 11) is 0. The van der Waals surface area contributed by atoms with Gasteiger partial charge in [-0.15, -0.1) is 0 Å². The molecule has 3 rings (SSSR count). The van der Waals surface area contributed by atoms with Gasteiger partial charge in [-0.05, 0) is 37.1 Å². The number of halogens is 3. The number of piperazine rings is 1. The summed E-state index contributed by atoms with van der Waals surface area (Å²) in [5, 5.41) is 9.16. The zero-order valence-corrected chi connectivity index (χ0v) is 17.4. The molecule has 0 aliphatic carbocycles. The molecule has 0 saturated carbocycles. The number of amides is 2. The van der Waals surface area contributed by atoms with E-state index in [9.17, 15) is 22.8 Å². The highest BCUT2D eigenvalue weighted by Gasteiger charge is 2.39. The summed E-state index contributed by atoms with van der Waals surface area (Å²) in [5.41, 5.74) is 7.22. The van der Waals surface area contributed by atoms with Crippen LogP contribution in [0.1, 0.15) is 35.7 Å². The molecule has 1 aliphatic rings. The summed E-state index contributed by atoms with van der Waals surface area (Å²) in [5.74, 6) is -0.913. The Morgan fingerprint density at radius 1 is 1.28 bits per heavy atom. The molecule has 10 heteroatoms. The van der Waals surface area contributed by atoms with E-state index in [0.717, 1.165) is 0 Å². The number of aromatic nitrogens is 1. The van der Waals surface area contributed by atoms with Crippen LogP contribution in [0.25, 0.3) is 11.1 Å². The maximum absolute atomic E-state index is 13.2. The van der Waals surface area contributed by atoms with Gasteiger partial charge in [0.1, 0.15) is 17.9 Å². The summed E-state index contributed by atoms with van der Waals surface area (Å²) < 4.78 is 38.5. The smallest absolute Gasteiger partial charge is 0.383 e. The molecule has 0 spiro atoms. The van der Waals surface area contributed by atoms with E-state index in [-0.39, 0.29) is 30.0 Å². The fraction of sp³-hybridized carbons (Fsp3) is 0.364. The van der Waals surface area contributed by atoms with E-state index in [2.05, 4.69) is 4.98 Å². The van der Waals surface area contributed by atoms with Crippen molar-refractivity contribution in [1.82, 2.24) is 14.8 Å². The minimum absolute atomic E-state index is 0.0864. The minimum Gasteiger partial charge on any atom is -0.383 e. The standard InChI is InChI=1S/C22H22F3N5O2/c1-2-29-8-9-30(18(21(29)32)6-7-22(23,24)25)20(31)15-5-3-4-14(10-15)17-11-16(12-26)19(27)28-13-17/h3-5,10-11,13,18H,2,6-9H2,1H3,(H2,27,28). The number of likely N-dealkylation sites (N-methyl/N-ethyl adjacent to an activating group) is 1. The quantitative estimate of drug-likeness (QED) is 0.761. The number of nitrogen functional groups attached to an aromatic ring is 1. The van der Waals surface area contributed by atoms with E-state index in [1.165, 1.54) is 16.0 Å². The Labute approximate surface area is 183 Å². The largest absolute Gasteiger partial charge is 0.389 e. The normalized spacial score (nSPS) is 16.7. The van der Waals surface area contributed by atoms with Crippen molar-refractivity contribution in [1.29, 1.82) is 5.26 Å². The van der Waals surface area contributed by atoms with Crippen molar-refractivity contribution in [3.63, 3.8) is 0 Å². The van der Waals surface area contributed by atoms with E-state index in [4.69, 9.17) is 11.0 Å². The first-order valence-electron chi connectivity index (χ1n) is 10.1. The van der Waals surface area contributed by atoms with Gasteiger partial charge in [-0.25, -0.2) is 4.98 Å². The summed E-state index contributed by atoms with van der Waals surface area (Å²) >= 11 is 0. The molecule has 1 aromatic heterocycles. The van der Waals surface area contributed by atoms with Crippen molar-refractivity contribution in [2.75, 3.05) is 25.4 Å². The fourth-order valence-corrected chi connectivity index (χ4v) is 3.70. The Morgan fingerprint density at radius 3 is 2.69 bits per heavy atom. The van der Waals surface area contributed by atoms with Gasteiger partial charge in [-0.2, -0.15) is 18.4 Å². The Balaban J connectivity index is 1.90. The highest BCUT2D eigenvalue weighted by molar-refractivity contribution is 5.99. The van der Waals surface area contributed by atoms with Crippen LogP contribution >= 0.6 is 0 Å². The molecule has 32 heavy (non-hydrogen) atoms. The number of nitrogens with zero attached hydrogens (tertiary/aromatic N) is 4. The number of carbonyl (C=O) groups excluding carboxylic acids is 2. The minimum atomic E-state index is -4.43. The molecule has 1 atom stereocenters. The number of carbonyl (C=O) groups is 2. The molecular weight excluding hydrogens is 423 g/mol. The molecule has 1 aromatic carbocycles. The number of benzene rings is 1. The second kappa shape index (κ2) is 9.26. The summed E-state index contributed by atoms with van der Waals surface area (Å²) in [6.45, 7) is 2.52. The van der Waals surface area contributed by atoms with Crippen LogP contribution in [0.2, 0.25) is 0 Å². The van der Waals surface area contributed by atoms with Crippen LogP contribution in [0.3, 0.4) is 0 Å². The maximum Gasteiger partial charge on any atom is 0.389 e. The van der Waals surface area contributed by atoms with Crippen LogP contribution < -0.4 is 5.73 Å². The number of nitrogens with two attached hydrogens (primary N) is 1. The highest BCUT2D eigenvalue weighted by atomic mass is 19.4. The fourth-order valence-electron chi connectivity index (χ4n) is 3.70. The summed E-state index contributed by atoms with van der Waals surface area (Å²) in [6, 6.07) is 8.76. The Bertz CT molecular complexity index is 1060. The SMILES string of the molecule is CCN1CCN(C(=O)c2cccc(-c3cnc(N)c(C#N)c3)c2)C(CCC(F)(F)F)C1=O. The average Bonchev–Trinajstić information content (AvgIpc) is 2.77. The Morgan fingerprint density at radius 2 is 2.03 bits per heavy atom. The van der Waals surface area contributed by atoms with Crippen molar-refractivity contribution in [3.8, 4) is 17.2 Å². The zero-order valence-electron chi connectivity index (χ0n) is 17.4. The van der Waals surface area contributed by atoms with Crippen molar-refractivity contribution >= 4 is 17.6 Å². The third kappa shape index (κ3) is 4.99. The van der Waals surface area contributed by atoms with Crippen LogP contribution in [0.15, 0.2) is 36.5 Å². The molecule has 2 heterocycles. The van der Waals surface area contributed by atoms with Gasteiger partial charge in [0.05, 0.1) is 5.56 Å². The first-order valence-corrected chi connectivity index (χ1v) is 10.1. The number of anilines is 1. The second-order valence-electron chi connectivity index (χ2n) is 7.44. The number of hydrogen-bond acceptors (Lipinski definition) is 5. The first kappa shape index (κ1) is 23.1. The van der Waals surface area contributed by atoms with Crippen LogP contribution in [-0.2, 0) is 4.79 Å². The monoisotopic (exact) mass is 445 g/mol. The van der Waals surface area contributed by atoms with Gasteiger partial charge in [0.2, 0.25) is 5.91 Å². The van der Waals surface area contributed by atoms with E-state index in [1.807, 2.05) is 6.07 Å². The molecule has 2 amide bonds. The van der Waals surface area contributed by atoms with Crippen molar-refractivity contribution in [2.24, 2.45) is 0 Å². The molecule has 1 saturated heterocycles. The topological polar surface area (TPSA) is 103 Å². The molecule has 2 N–H and O–H groups in total. The molecule has 2 aromatic rings. The molecular formula is C22H22F3N5O2. The number of rotatable bonds is 5. The van der Waals surface area contributed by atoms with Crippen molar-refractivity contribution in [3.05, 3.63) is 47.7 Å². The first-order chi connectivity index (χ1) is 15.1. The molecule has 7 nitrogen and oxygen atoms in total. The predicted octanol–water partition coefficient (Wildman–Crippen LogP) is 3.22. The highest BCUT2D eigenvalue weighted by Crippen LogP contribution is 2.28. The second-order valence-corrected chi connectivity index (χ2v) is 7.44. The van der Waals surface area contributed by atoms with Crippen molar-refractivity contribution < 1.29 is 22.8 Å². The third-order valence-corrected chi connectivity index (χ3v) is 5.41. The molecule has 1 fully saturated rings. The third-order valence-electron chi connectivity index (χ3n) is 5.41. The van der Waals surface area contributed by atoms with Crippen LogP contribution in [0.5, 0.6) is 0 Å². The van der Waals surface area contributed by atoms with Gasteiger partial charge in [-0.1, -0.05) is 12.1 Å². The summed E-state index contributed by atoms with van der Waals surface area (Å²) in [4.78, 5) is 32.6. The lowest BCUT2D eigenvalue weighted by molar-refractivity contribution is -0.149. The Kier molecular flexibility index (Phi) is 6.67. The lowest BCUT2D eigenvalue weighted by Crippen LogP contribution is -2.58. The number of pyridine rings is 1. The van der Waals surface area contributed by atoms with Crippen LogP contribution in [-0.4, -0.2) is 58.5 Å². The molecule has 168 valence electrons. The summed E-state index contributed by atoms with van der Waals surface area (Å²) in [6.07, 6.45) is -4.60.